The van der Waals surface area contributed by atoms with Gasteiger partial charge in [-0.2, -0.15) is 0 Å². The molecule has 0 radical (unpaired) electrons. The summed E-state index contributed by atoms with van der Waals surface area (Å²) < 4.78 is 13.3. The van der Waals surface area contributed by atoms with Crippen LogP contribution < -0.4 is 5.32 Å². The molecule has 0 aliphatic rings. The molecule has 0 saturated carbocycles. The lowest BCUT2D eigenvalue weighted by atomic mass is 10.1. The van der Waals surface area contributed by atoms with E-state index in [9.17, 15) is 9.00 Å². The smallest absolute Gasteiger partial charge is 0.237 e. The average Bonchev–Trinajstić information content (AvgIpc) is 2.90. The summed E-state index contributed by atoms with van der Waals surface area (Å²) in [5.74, 6) is -0.140. The zero-order valence-electron chi connectivity index (χ0n) is 12.1. The van der Waals surface area contributed by atoms with Gasteiger partial charge in [0.25, 0.3) is 0 Å². The Hall–Kier alpha value is -2.54. The van der Waals surface area contributed by atoms with E-state index in [-0.39, 0.29) is 11.1 Å². The molecule has 0 saturated heterocycles. The van der Waals surface area contributed by atoms with E-state index in [2.05, 4.69) is 15.4 Å². The third kappa shape index (κ3) is 2.62. The highest BCUT2D eigenvalue weighted by atomic mass is 32.2. The van der Waals surface area contributed by atoms with Crippen LogP contribution in [-0.4, -0.2) is 31.0 Å². The molecular formula is C15H14N4O2S. The average molecular weight is 314 g/mol. The van der Waals surface area contributed by atoms with Gasteiger partial charge in [-0.3, -0.25) is 9.00 Å². The molecule has 1 atom stereocenters. The van der Waals surface area contributed by atoms with Gasteiger partial charge in [0.2, 0.25) is 11.1 Å². The minimum atomic E-state index is -1.26. The Kier molecular flexibility index (Phi) is 3.72. The highest BCUT2D eigenvalue weighted by Gasteiger charge is 2.12. The summed E-state index contributed by atoms with van der Waals surface area (Å²) in [7, 11) is -1.26. The van der Waals surface area contributed by atoms with Crippen molar-refractivity contribution in [3.05, 3.63) is 42.6 Å². The van der Waals surface area contributed by atoms with Crippen molar-refractivity contribution in [2.75, 3.05) is 11.6 Å². The molecular weight excluding hydrogens is 300 g/mol. The van der Waals surface area contributed by atoms with E-state index in [0.717, 1.165) is 16.8 Å². The van der Waals surface area contributed by atoms with Crippen molar-refractivity contribution < 1.29 is 9.00 Å². The van der Waals surface area contributed by atoms with E-state index in [4.69, 9.17) is 0 Å². The van der Waals surface area contributed by atoms with Crippen LogP contribution in [0.2, 0.25) is 0 Å². The summed E-state index contributed by atoms with van der Waals surface area (Å²) in [5.41, 5.74) is 3.13. The number of nitrogens with one attached hydrogen (secondary N) is 1. The largest absolute Gasteiger partial charge is 0.326 e. The summed E-state index contributed by atoms with van der Waals surface area (Å²) in [6.07, 6.45) is 3.17. The van der Waals surface area contributed by atoms with Crippen LogP contribution in [0, 0.1) is 0 Å². The normalized spacial score (nSPS) is 12.3. The first kappa shape index (κ1) is 14.4. The fourth-order valence-corrected chi connectivity index (χ4v) is 2.63. The van der Waals surface area contributed by atoms with Crippen LogP contribution in [0.3, 0.4) is 0 Å². The minimum Gasteiger partial charge on any atom is -0.326 e. The van der Waals surface area contributed by atoms with Crippen molar-refractivity contribution in [2.45, 2.75) is 12.1 Å². The van der Waals surface area contributed by atoms with E-state index in [1.54, 1.807) is 10.7 Å². The zero-order valence-corrected chi connectivity index (χ0v) is 12.9. The topological polar surface area (TPSA) is 76.4 Å². The summed E-state index contributed by atoms with van der Waals surface area (Å²) in [5, 5.41) is 7.40. The molecule has 112 valence electrons. The molecule has 1 unspecified atom stereocenters. The van der Waals surface area contributed by atoms with Crippen LogP contribution in [0.1, 0.15) is 6.92 Å². The third-order valence-electron chi connectivity index (χ3n) is 3.15. The number of fused-ring (bicyclic) bond motifs is 1. The number of rotatable bonds is 3. The summed E-state index contributed by atoms with van der Waals surface area (Å²) in [6.45, 7) is 1.47. The molecule has 2 aromatic heterocycles. The van der Waals surface area contributed by atoms with Gasteiger partial charge in [-0.25, -0.2) is 9.50 Å². The molecule has 0 fully saturated rings. The van der Waals surface area contributed by atoms with Crippen LogP contribution in [0.15, 0.2) is 47.8 Å². The number of para-hydroxylation sites is 1. The summed E-state index contributed by atoms with van der Waals surface area (Å²) in [6, 6.07) is 11.2. The number of carbonyl (C=O) groups is 1. The first-order valence-electron chi connectivity index (χ1n) is 6.61. The molecule has 3 aromatic rings. The molecule has 1 aromatic carbocycles. The van der Waals surface area contributed by atoms with Crippen LogP contribution in [0.4, 0.5) is 5.69 Å². The first-order chi connectivity index (χ1) is 10.6. The zero-order chi connectivity index (χ0) is 15.7. The molecule has 2 heterocycles. The Labute approximate surface area is 129 Å². The Bertz CT molecular complexity index is 888. The quantitative estimate of drug-likeness (QED) is 0.803. The minimum absolute atomic E-state index is 0.140. The van der Waals surface area contributed by atoms with Crippen LogP contribution in [-0.2, 0) is 15.6 Å². The van der Waals surface area contributed by atoms with Crippen LogP contribution in [0.25, 0.3) is 16.8 Å². The standard InChI is InChI=1S/C15H14N4O2S/c1-10(20)17-13-6-4-3-5-12(13)14-8-7-11-9-16-15(22(2)21)18-19(11)14/h3-9H,1-2H3,(H,17,20). The van der Waals surface area contributed by atoms with Gasteiger partial charge in [0.1, 0.15) is 0 Å². The third-order valence-corrected chi connectivity index (χ3v) is 3.85. The number of hydrogen-bond acceptors (Lipinski definition) is 4. The number of aromatic nitrogens is 3. The predicted octanol–water partition coefficient (Wildman–Crippen LogP) is 2.09. The van der Waals surface area contributed by atoms with E-state index >= 15 is 0 Å². The van der Waals surface area contributed by atoms with Gasteiger partial charge in [-0.15, -0.1) is 5.10 Å². The molecule has 3 rings (SSSR count). The van der Waals surface area contributed by atoms with Crippen molar-refractivity contribution in [2.24, 2.45) is 0 Å². The Morgan fingerprint density at radius 3 is 2.73 bits per heavy atom. The van der Waals surface area contributed by atoms with Gasteiger partial charge in [-0.05, 0) is 18.2 Å². The molecule has 22 heavy (non-hydrogen) atoms. The Balaban J connectivity index is 2.20. The van der Waals surface area contributed by atoms with E-state index in [1.807, 2.05) is 36.4 Å². The second-order valence-electron chi connectivity index (χ2n) is 4.78. The Morgan fingerprint density at radius 1 is 1.23 bits per heavy atom. The number of hydrogen-bond donors (Lipinski definition) is 1. The molecule has 6 nitrogen and oxygen atoms in total. The second-order valence-corrected chi connectivity index (χ2v) is 6.05. The Morgan fingerprint density at radius 2 is 2.00 bits per heavy atom. The number of anilines is 1. The fourth-order valence-electron chi connectivity index (χ4n) is 2.23. The fraction of sp³-hybridized carbons (Fsp3) is 0.133. The molecule has 7 heteroatoms. The van der Waals surface area contributed by atoms with Gasteiger partial charge < -0.3 is 5.32 Å². The first-order valence-corrected chi connectivity index (χ1v) is 8.17. The highest BCUT2D eigenvalue weighted by Crippen LogP contribution is 2.29. The molecule has 0 aliphatic heterocycles. The lowest BCUT2D eigenvalue weighted by Gasteiger charge is -2.10. The molecule has 0 bridgehead atoms. The van der Waals surface area contributed by atoms with Gasteiger partial charge in [0.15, 0.2) is 0 Å². The second kappa shape index (κ2) is 5.69. The van der Waals surface area contributed by atoms with Crippen molar-refractivity contribution >= 4 is 27.9 Å². The van der Waals surface area contributed by atoms with E-state index < -0.39 is 10.8 Å². The van der Waals surface area contributed by atoms with Gasteiger partial charge in [-0.1, -0.05) is 18.2 Å². The number of benzene rings is 1. The van der Waals surface area contributed by atoms with Crippen molar-refractivity contribution in [1.29, 1.82) is 0 Å². The SMILES string of the molecule is CC(=O)Nc1ccccc1-c1ccc2cnc(S(C)=O)nn12. The molecule has 0 spiro atoms. The maximum absolute atomic E-state index is 11.6. The van der Waals surface area contributed by atoms with E-state index in [1.165, 1.54) is 13.2 Å². The number of carbonyl (C=O) groups excluding carboxylic acids is 1. The van der Waals surface area contributed by atoms with Gasteiger partial charge >= 0.3 is 0 Å². The van der Waals surface area contributed by atoms with Gasteiger partial charge in [0, 0.05) is 18.7 Å². The number of nitrogens with zero attached hydrogens (tertiary/aromatic N) is 3. The van der Waals surface area contributed by atoms with Crippen molar-refractivity contribution in [1.82, 2.24) is 14.6 Å². The highest BCUT2D eigenvalue weighted by molar-refractivity contribution is 7.84. The monoisotopic (exact) mass is 314 g/mol. The maximum Gasteiger partial charge on any atom is 0.237 e. The van der Waals surface area contributed by atoms with E-state index in [0.29, 0.717) is 5.69 Å². The van der Waals surface area contributed by atoms with Crippen LogP contribution in [0.5, 0.6) is 0 Å². The summed E-state index contributed by atoms with van der Waals surface area (Å²) >= 11 is 0. The lowest BCUT2D eigenvalue weighted by molar-refractivity contribution is -0.114. The lowest BCUT2D eigenvalue weighted by Crippen LogP contribution is -2.08. The number of amides is 1. The van der Waals surface area contributed by atoms with Crippen molar-refractivity contribution in [3.63, 3.8) is 0 Å². The molecule has 0 aliphatic carbocycles. The maximum atomic E-state index is 11.6. The summed E-state index contributed by atoms with van der Waals surface area (Å²) in [4.78, 5) is 15.4. The van der Waals surface area contributed by atoms with Gasteiger partial charge in [0.05, 0.1) is 33.9 Å². The molecule has 1 N–H and O–H groups in total. The van der Waals surface area contributed by atoms with Crippen molar-refractivity contribution in [3.8, 4) is 11.3 Å². The van der Waals surface area contributed by atoms with Crippen LogP contribution >= 0.6 is 0 Å². The molecule has 1 amide bonds. The predicted molar refractivity (Wildman–Crippen MR) is 85.1 cm³/mol.